The predicted octanol–water partition coefficient (Wildman–Crippen LogP) is 5.50. The number of hydrogen-bond acceptors (Lipinski definition) is 1. The van der Waals surface area contributed by atoms with Crippen LogP contribution >= 0.6 is 0 Å². The van der Waals surface area contributed by atoms with Crippen molar-refractivity contribution in [2.24, 2.45) is 0 Å². The predicted molar refractivity (Wildman–Crippen MR) is 79.0 cm³/mol. The van der Waals surface area contributed by atoms with E-state index >= 15 is 0 Å². The molecule has 18 heavy (non-hydrogen) atoms. The van der Waals surface area contributed by atoms with Gasteiger partial charge in [0.1, 0.15) is 5.75 Å². The molecule has 1 rings (SSSR count). The van der Waals surface area contributed by atoms with E-state index in [-0.39, 0.29) is 0 Å². The summed E-state index contributed by atoms with van der Waals surface area (Å²) in [6.45, 7) is 5.87. The molecule has 1 aromatic rings. The van der Waals surface area contributed by atoms with E-state index in [0.717, 1.165) is 12.2 Å². The first-order valence-electron chi connectivity index (χ1n) is 7.24. The molecule has 0 aliphatic rings. The molecule has 0 atom stereocenters. The fourth-order valence-corrected chi connectivity index (χ4v) is 2.19. The fraction of sp³-hybridized carbons (Fsp3) is 0.529. The van der Waals surface area contributed by atoms with Gasteiger partial charge >= 0.3 is 0 Å². The summed E-state index contributed by atoms with van der Waals surface area (Å²) in [6.07, 6.45) is 12.1. The van der Waals surface area contributed by atoms with E-state index < -0.39 is 0 Å². The van der Waals surface area contributed by atoms with Gasteiger partial charge in [-0.25, -0.2) is 0 Å². The van der Waals surface area contributed by atoms with E-state index in [1.165, 1.54) is 56.8 Å². The maximum atomic E-state index is 5.41. The molecule has 0 N–H and O–H groups in total. The van der Waals surface area contributed by atoms with E-state index in [0.29, 0.717) is 0 Å². The van der Waals surface area contributed by atoms with Crippen molar-refractivity contribution in [3.63, 3.8) is 0 Å². The quantitative estimate of drug-likeness (QED) is 0.391. The summed E-state index contributed by atoms with van der Waals surface area (Å²) in [4.78, 5) is 0. The molecule has 0 aliphatic carbocycles. The number of para-hydroxylation sites is 1. The van der Waals surface area contributed by atoms with Crippen LogP contribution in [0.5, 0.6) is 5.75 Å². The minimum Gasteiger partial charge on any atom is -0.465 e. The van der Waals surface area contributed by atoms with Gasteiger partial charge in [0.25, 0.3) is 0 Å². The zero-order valence-corrected chi connectivity index (χ0v) is 11.7. The molecule has 0 heterocycles. The maximum Gasteiger partial charge on any atom is 0.129 e. The molecule has 0 aliphatic heterocycles. The number of hydrogen-bond donors (Lipinski definition) is 0. The first kappa shape index (κ1) is 14.8. The summed E-state index contributed by atoms with van der Waals surface area (Å²) < 4.78 is 5.41. The van der Waals surface area contributed by atoms with Crippen LogP contribution in [0.15, 0.2) is 37.1 Å². The zero-order valence-electron chi connectivity index (χ0n) is 11.7. The molecule has 0 radical (unpaired) electrons. The molecule has 1 nitrogen and oxygen atoms in total. The van der Waals surface area contributed by atoms with Gasteiger partial charge in [0.2, 0.25) is 0 Å². The van der Waals surface area contributed by atoms with Gasteiger partial charge in [0.15, 0.2) is 0 Å². The lowest BCUT2D eigenvalue weighted by atomic mass is 10.0. The van der Waals surface area contributed by atoms with E-state index in [4.69, 9.17) is 4.74 Å². The van der Waals surface area contributed by atoms with Crippen LogP contribution in [-0.4, -0.2) is 0 Å². The largest absolute Gasteiger partial charge is 0.465 e. The van der Waals surface area contributed by atoms with Gasteiger partial charge in [0, 0.05) is 0 Å². The number of rotatable bonds is 10. The lowest BCUT2D eigenvalue weighted by Gasteiger charge is -2.07. The van der Waals surface area contributed by atoms with E-state index in [2.05, 4.69) is 25.6 Å². The SMILES string of the molecule is C=COc1ccccc1CCCCCCCCC. The zero-order chi connectivity index (χ0) is 13.1. The summed E-state index contributed by atoms with van der Waals surface area (Å²) in [6, 6.07) is 8.24. The van der Waals surface area contributed by atoms with Crippen molar-refractivity contribution in [2.45, 2.75) is 58.3 Å². The Morgan fingerprint density at radius 1 is 1.00 bits per heavy atom. The average Bonchev–Trinajstić information content (AvgIpc) is 2.40. The van der Waals surface area contributed by atoms with Crippen LogP contribution in [0.3, 0.4) is 0 Å². The normalized spacial score (nSPS) is 10.3. The standard InChI is InChI=1S/C17H26O/c1-3-5-6-7-8-9-10-13-16-14-11-12-15-17(16)18-4-2/h4,11-12,14-15H,2-3,5-10,13H2,1H3. The third-order valence-corrected chi connectivity index (χ3v) is 3.23. The molecule has 0 unspecified atom stereocenters. The molecule has 100 valence electrons. The average molecular weight is 246 g/mol. The summed E-state index contributed by atoms with van der Waals surface area (Å²) in [5, 5.41) is 0. The van der Waals surface area contributed by atoms with E-state index in [1.54, 1.807) is 0 Å². The van der Waals surface area contributed by atoms with Crippen LogP contribution in [0.25, 0.3) is 0 Å². The van der Waals surface area contributed by atoms with Gasteiger partial charge in [-0.1, -0.05) is 70.2 Å². The summed E-state index contributed by atoms with van der Waals surface area (Å²) in [7, 11) is 0. The number of unbranched alkanes of at least 4 members (excludes halogenated alkanes) is 6. The van der Waals surface area contributed by atoms with Gasteiger partial charge in [-0.2, -0.15) is 0 Å². The van der Waals surface area contributed by atoms with Crippen LogP contribution in [0.2, 0.25) is 0 Å². The van der Waals surface area contributed by atoms with Crippen molar-refractivity contribution >= 4 is 0 Å². The highest BCUT2D eigenvalue weighted by atomic mass is 16.5. The molecule has 0 aromatic heterocycles. The lowest BCUT2D eigenvalue weighted by Crippen LogP contribution is -1.91. The Morgan fingerprint density at radius 3 is 2.39 bits per heavy atom. The molecule has 0 amide bonds. The maximum absolute atomic E-state index is 5.41. The Balaban J connectivity index is 2.20. The van der Waals surface area contributed by atoms with Gasteiger partial charge in [-0.3, -0.25) is 0 Å². The van der Waals surface area contributed by atoms with Gasteiger partial charge < -0.3 is 4.74 Å². The third kappa shape index (κ3) is 5.90. The van der Waals surface area contributed by atoms with Crippen molar-refractivity contribution in [2.75, 3.05) is 0 Å². The van der Waals surface area contributed by atoms with Gasteiger partial charge in [0.05, 0.1) is 6.26 Å². The summed E-state index contributed by atoms with van der Waals surface area (Å²) in [5.74, 6) is 0.957. The Labute approximate surface area is 112 Å². The molecule has 1 aromatic carbocycles. The number of aryl methyl sites for hydroxylation is 1. The summed E-state index contributed by atoms with van der Waals surface area (Å²) >= 11 is 0. The highest BCUT2D eigenvalue weighted by molar-refractivity contribution is 5.33. The van der Waals surface area contributed by atoms with Crippen LogP contribution in [0, 0.1) is 0 Å². The monoisotopic (exact) mass is 246 g/mol. The summed E-state index contributed by atoms with van der Waals surface area (Å²) in [5.41, 5.74) is 1.30. The molecule has 0 saturated heterocycles. The highest BCUT2D eigenvalue weighted by Gasteiger charge is 2.01. The first-order chi connectivity index (χ1) is 8.88. The molecule has 1 heteroatoms. The second-order valence-electron chi connectivity index (χ2n) is 4.76. The molecular weight excluding hydrogens is 220 g/mol. The minimum atomic E-state index is 0.957. The third-order valence-electron chi connectivity index (χ3n) is 3.23. The Hall–Kier alpha value is -1.24. The van der Waals surface area contributed by atoms with Gasteiger partial charge in [-0.05, 0) is 24.5 Å². The Bertz CT molecular complexity index is 330. The van der Waals surface area contributed by atoms with Crippen molar-refractivity contribution < 1.29 is 4.74 Å². The second kappa shape index (κ2) is 9.76. The first-order valence-corrected chi connectivity index (χ1v) is 7.24. The van der Waals surface area contributed by atoms with Crippen LogP contribution in [0.1, 0.15) is 57.4 Å². The minimum absolute atomic E-state index is 0.957. The fourth-order valence-electron chi connectivity index (χ4n) is 2.19. The molecule has 0 spiro atoms. The van der Waals surface area contributed by atoms with Gasteiger partial charge in [-0.15, -0.1) is 0 Å². The number of benzene rings is 1. The van der Waals surface area contributed by atoms with Crippen molar-refractivity contribution in [1.29, 1.82) is 0 Å². The van der Waals surface area contributed by atoms with E-state index in [9.17, 15) is 0 Å². The van der Waals surface area contributed by atoms with Crippen molar-refractivity contribution in [3.05, 3.63) is 42.7 Å². The molecule has 0 bridgehead atoms. The molecule has 0 fully saturated rings. The van der Waals surface area contributed by atoms with Crippen LogP contribution in [-0.2, 0) is 6.42 Å². The van der Waals surface area contributed by atoms with Crippen molar-refractivity contribution in [1.82, 2.24) is 0 Å². The lowest BCUT2D eigenvalue weighted by molar-refractivity contribution is 0.474. The number of ether oxygens (including phenoxy) is 1. The second-order valence-corrected chi connectivity index (χ2v) is 4.76. The Kier molecular flexibility index (Phi) is 8.03. The Morgan fingerprint density at radius 2 is 1.67 bits per heavy atom. The smallest absolute Gasteiger partial charge is 0.129 e. The highest BCUT2D eigenvalue weighted by Crippen LogP contribution is 2.20. The molecule has 0 saturated carbocycles. The molecular formula is C17H26O. The van der Waals surface area contributed by atoms with Crippen molar-refractivity contribution in [3.8, 4) is 5.75 Å². The van der Waals surface area contributed by atoms with Crippen LogP contribution in [0.4, 0.5) is 0 Å². The van der Waals surface area contributed by atoms with E-state index in [1.807, 2.05) is 12.1 Å². The van der Waals surface area contributed by atoms with Crippen LogP contribution < -0.4 is 4.74 Å². The topological polar surface area (TPSA) is 9.23 Å².